The highest BCUT2D eigenvalue weighted by atomic mass is 16.6. The van der Waals surface area contributed by atoms with Crippen molar-refractivity contribution in [3.05, 3.63) is 101 Å². The predicted octanol–water partition coefficient (Wildman–Crippen LogP) is 9.06. The Morgan fingerprint density at radius 1 is 0.978 bits per heavy atom. The summed E-state index contributed by atoms with van der Waals surface area (Å²) in [6.07, 6.45) is 3.85. The summed E-state index contributed by atoms with van der Waals surface area (Å²) in [6.45, 7) is 14.7. The zero-order valence-corrected chi connectivity index (χ0v) is 28.1. The lowest BCUT2D eigenvalue weighted by molar-refractivity contribution is -0.163. The van der Waals surface area contributed by atoms with E-state index in [9.17, 15) is 4.79 Å². The molecule has 238 valence electrons. The van der Waals surface area contributed by atoms with Crippen LogP contribution in [0.4, 0.5) is 0 Å². The van der Waals surface area contributed by atoms with Crippen LogP contribution < -0.4 is 4.74 Å². The van der Waals surface area contributed by atoms with E-state index in [0.717, 1.165) is 74.8 Å². The molecule has 1 aliphatic rings. The number of rotatable bonds is 9. The van der Waals surface area contributed by atoms with Crippen molar-refractivity contribution < 1.29 is 19.0 Å². The molecule has 3 aromatic carbocycles. The number of nitrogens with zero attached hydrogens (tertiary/aromatic N) is 2. The molecule has 0 saturated carbocycles. The lowest BCUT2D eigenvalue weighted by Gasteiger charge is -2.34. The Hall–Kier alpha value is -4.29. The fourth-order valence-electron chi connectivity index (χ4n) is 6.41. The molecule has 0 N–H and O–H groups in total. The van der Waals surface area contributed by atoms with Crippen LogP contribution >= 0.6 is 0 Å². The summed E-state index contributed by atoms with van der Waals surface area (Å²) in [6, 6.07) is 23.0. The van der Waals surface area contributed by atoms with E-state index in [0.29, 0.717) is 6.61 Å². The quantitative estimate of drug-likeness (QED) is 0.154. The maximum Gasteiger partial charge on any atom is 0.311 e. The van der Waals surface area contributed by atoms with E-state index in [1.165, 1.54) is 11.1 Å². The maximum absolute atomic E-state index is 13.1. The summed E-state index contributed by atoms with van der Waals surface area (Å²) in [7, 11) is 0. The van der Waals surface area contributed by atoms with Crippen molar-refractivity contribution in [2.24, 2.45) is 5.41 Å². The largest absolute Gasteiger partial charge is 0.493 e. The molecule has 0 radical (unpaired) electrons. The van der Waals surface area contributed by atoms with Gasteiger partial charge in [-0.05, 0) is 119 Å². The average Bonchev–Trinajstić information content (AvgIpc) is 3.02. The van der Waals surface area contributed by atoms with Crippen LogP contribution in [0.1, 0.15) is 75.1 Å². The van der Waals surface area contributed by atoms with Crippen LogP contribution in [0.3, 0.4) is 0 Å². The first-order valence-corrected chi connectivity index (χ1v) is 16.2. The molecule has 1 aliphatic heterocycles. The Labute approximate surface area is 272 Å². The van der Waals surface area contributed by atoms with E-state index in [2.05, 4.69) is 75.4 Å². The molecule has 46 heavy (non-hydrogen) atoms. The molecule has 2 aromatic heterocycles. The van der Waals surface area contributed by atoms with Gasteiger partial charge in [0.25, 0.3) is 0 Å². The topological polar surface area (TPSA) is 70.5 Å². The number of carbonyl (C=O) groups is 1. The van der Waals surface area contributed by atoms with Gasteiger partial charge in [0, 0.05) is 34.6 Å². The molecule has 6 heteroatoms. The molecule has 1 atom stereocenters. The smallest absolute Gasteiger partial charge is 0.311 e. The van der Waals surface area contributed by atoms with Gasteiger partial charge in [0.15, 0.2) is 0 Å². The zero-order chi connectivity index (χ0) is 32.6. The molecule has 0 spiro atoms. The molecule has 0 saturated heterocycles. The molecule has 3 heterocycles. The third-order valence-electron chi connectivity index (χ3n) is 8.84. The molecular formula is C40H44N2O4. The summed E-state index contributed by atoms with van der Waals surface area (Å²) < 4.78 is 19.2. The van der Waals surface area contributed by atoms with Crippen molar-refractivity contribution in [2.75, 3.05) is 13.2 Å². The van der Waals surface area contributed by atoms with Gasteiger partial charge in [0.1, 0.15) is 18.5 Å². The second-order valence-corrected chi connectivity index (χ2v) is 14.1. The maximum atomic E-state index is 13.1. The van der Waals surface area contributed by atoms with Gasteiger partial charge in [0.2, 0.25) is 0 Å². The van der Waals surface area contributed by atoms with Gasteiger partial charge in [-0.1, -0.05) is 36.4 Å². The summed E-state index contributed by atoms with van der Waals surface area (Å²) >= 11 is 0. The Kier molecular flexibility index (Phi) is 8.60. The Balaban J connectivity index is 1.53. The lowest BCUT2D eigenvalue weighted by Crippen LogP contribution is -2.32. The zero-order valence-electron chi connectivity index (χ0n) is 28.1. The standard InChI is InChI=1S/C40H44N2O4/c1-25-23-31-29(14-13-26(2)42-31)36(30-15-16-32-35-28(19-22-44-32)18-21-41-37(30)35)34(25)33(24-45-38(43)39(3,4)5)46-40(6,7)20-17-27-11-9-8-10-12-27/h8-16,18,21,23,33H,17,19-20,22,24H2,1-7H3. The van der Waals surface area contributed by atoms with Crippen LogP contribution in [0.15, 0.2) is 72.9 Å². The van der Waals surface area contributed by atoms with Gasteiger partial charge >= 0.3 is 5.97 Å². The molecule has 6 rings (SSSR count). The molecule has 0 aliphatic carbocycles. The highest BCUT2D eigenvalue weighted by Gasteiger charge is 2.33. The summed E-state index contributed by atoms with van der Waals surface area (Å²) in [5, 5.41) is 2.05. The number of hydrogen-bond donors (Lipinski definition) is 0. The van der Waals surface area contributed by atoms with Crippen LogP contribution in [0.25, 0.3) is 32.9 Å². The van der Waals surface area contributed by atoms with Crippen molar-refractivity contribution in [1.29, 1.82) is 0 Å². The van der Waals surface area contributed by atoms with Crippen molar-refractivity contribution in [3.63, 3.8) is 0 Å². The van der Waals surface area contributed by atoms with Gasteiger partial charge in [-0.2, -0.15) is 0 Å². The molecule has 0 bridgehead atoms. The highest BCUT2D eigenvalue weighted by Crippen LogP contribution is 2.45. The minimum absolute atomic E-state index is 0.0846. The summed E-state index contributed by atoms with van der Waals surface area (Å²) in [5.74, 6) is 0.593. The van der Waals surface area contributed by atoms with E-state index in [-0.39, 0.29) is 12.6 Å². The Morgan fingerprint density at radius 2 is 1.76 bits per heavy atom. The first-order valence-electron chi connectivity index (χ1n) is 16.2. The van der Waals surface area contributed by atoms with E-state index in [4.69, 9.17) is 24.2 Å². The number of ether oxygens (including phenoxy) is 3. The number of esters is 1. The molecule has 1 unspecified atom stereocenters. The van der Waals surface area contributed by atoms with Gasteiger partial charge in [-0.15, -0.1) is 0 Å². The molecule has 6 nitrogen and oxygen atoms in total. The first-order chi connectivity index (χ1) is 21.9. The van der Waals surface area contributed by atoms with Crippen molar-refractivity contribution >= 4 is 27.8 Å². The molecule has 0 fully saturated rings. The van der Waals surface area contributed by atoms with Crippen LogP contribution in [-0.4, -0.2) is 34.8 Å². The van der Waals surface area contributed by atoms with E-state index < -0.39 is 17.1 Å². The minimum Gasteiger partial charge on any atom is -0.493 e. The lowest BCUT2D eigenvalue weighted by atomic mass is 9.86. The Bertz CT molecular complexity index is 1900. The normalized spacial score (nSPS) is 13.9. The van der Waals surface area contributed by atoms with E-state index in [1.54, 1.807) is 0 Å². The number of pyridine rings is 2. The van der Waals surface area contributed by atoms with Gasteiger partial charge in [-0.25, -0.2) is 0 Å². The van der Waals surface area contributed by atoms with Gasteiger partial charge in [0.05, 0.1) is 28.7 Å². The monoisotopic (exact) mass is 616 g/mol. The number of benzene rings is 3. The van der Waals surface area contributed by atoms with Crippen molar-refractivity contribution in [3.8, 4) is 16.9 Å². The Morgan fingerprint density at radius 3 is 2.52 bits per heavy atom. The third-order valence-corrected chi connectivity index (χ3v) is 8.84. The minimum atomic E-state index is -0.643. The summed E-state index contributed by atoms with van der Waals surface area (Å²) in [4.78, 5) is 23.0. The van der Waals surface area contributed by atoms with Crippen LogP contribution in [0.5, 0.6) is 5.75 Å². The fourth-order valence-corrected chi connectivity index (χ4v) is 6.41. The molecule has 0 amide bonds. The van der Waals surface area contributed by atoms with Crippen LogP contribution in [-0.2, 0) is 27.1 Å². The third kappa shape index (κ3) is 6.50. The first kappa shape index (κ1) is 31.7. The predicted molar refractivity (Wildman–Crippen MR) is 184 cm³/mol. The summed E-state index contributed by atoms with van der Waals surface area (Å²) in [5.41, 5.74) is 8.05. The van der Waals surface area contributed by atoms with Gasteiger partial charge < -0.3 is 14.2 Å². The molecular weight excluding hydrogens is 572 g/mol. The number of hydrogen-bond acceptors (Lipinski definition) is 6. The highest BCUT2D eigenvalue weighted by molar-refractivity contribution is 6.07. The number of aryl methyl sites for hydroxylation is 3. The van der Waals surface area contributed by atoms with Crippen molar-refractivity contribution in [1.82, 2.24) is 9.97 Å². The average molecular weight is 617 g/mol. The fraction of sp³-hybridized carbons (Fsp3) is 0.375. The number of carbonyl (C=O) groups excluding carboxylic acids is 1. The second kappa shape index (κ2) is 12.5. The second-order valence-electron chi connectivity index (χ2n) is 14.1. The van der Waals surface area contributed by atoms with E-state index >= 15 is 0 Å². The van der Waals surface area contributed by atoms with Crippen LogP contribution in [0, 0.1) is 19.3 Å². The van der Waals surface area contributed by atoms with Crippen LogP contribution in [0.2, 0.25) is 0 Å². The van der Waals surface area contributed by atoms with Crippen molar-refractivity contribution in [2.45, 2.75) is 79.4 Å². The number of aromatic nitrogens is 2. The van der Waals surface area contributed by atoms with Gasteiger partial charge in [-0.3, -0.25) is 14.8 Å². The number of fused-ring (bicyclic) bond motifs is 1. The SMILES string of the molecule is Cc1ccc2c(-c3ccc4c5c(ccnc35)CCO4)c(C(COC(=O)C(C)(C)C)OC(C)(C)CCc3ccccc3)c(C)cc2n1. The molecule has 5 aromatic rings. The van der Waals surface area contributed by atoms with E-state index in [1.807, 2.05) is 46.0 Å².